The molecule has 0 aliphatic rings. The van der Waals surface area contributed by atoms with Crippen LogP contribution in [0.15, 0.2) is 12.7 Å². The Balaban J connectivity index is 3.33. The van der Waals surface area contributed by atoms with E-state index >= 15 is 0 Å². The lowest BCUT2D eigenvalue weighted by molar-refractivity contribution is 0.413. The normalized spacial score (nSPS) is 15.3. The van der Waals surface area contributed by atoms with E-state index in [-0.39, 0.29) is 0 Å². The molecule has 0 fully saturated rings. The van der Waals surface area contributed by atoms with Crippen LogP contribution in [0, 0.1) is 17.8 Å². The van der Waals surface area contributed by atoms with Crippen molar-refractivity contribution >= 4 is 0 Å². The van der Waals surface area contributed by atoms with Crippen molar-refractivity contribution in [3.63, 3.8) is 0 Å². The molecule has 0 saturated carbocycles. The van der Waals surface area contributed by atoms with Crippen molar-refractivity contribution in [3.05, 3.63) is 12.7 Å². The van der Waals surface area contributed by atoms with Crippen molar-refractivity contribution < 1.29 is 0 Å². The molecule has 2 atom stereocenters. The molecule has 0 amide bonds. The minimum atomic E-state index is 0.702. The van der Waals surface area contributed by atoms with Gasteiger partial charge in [-0.15, -0.1) is 6.58 Å². The number of rotatable bonds is 9. The second kappa shape index (κ2) is 9.00. The lowest BCUT2D eigenvalue weighted by atomic mass is 9.93. The Morgan fingerprint density at radius 1 is 0.867 bits per heavy atom. The molecule has 0 aliphatic heterocycles. The Morgan fingerprint density at radius 2 is 1.40 bits per heavy atom. The van der Waals surface area contributed by atoms with Gasteiger partial charge in [-0.25, -0.2) is 0 Å². The molecule has 0 aromatic rings. The molecule has 0 heterocycles. The van der Waals surface area contributed by atoms with Crippen molar-refractivity contribution in [2.45, 2.75) is 66.2 Å². The van der Waals surface area contributed by atoms with Crippen LogP contribution in [-0.4, -0.2) is 0 Å². The van der Waals surface area contributed by atoms with Gasteiger partial charge >= 0.3 is 0 Å². The van der Waals surface area contributed by atoms with Gasteiger partial charge < -0.3 is 0 Å². The number of hydrogen-bond donors (Lipinski definition) is 0. The van der Waals surface area contributed by atoms with Crippen LogP contribution in [0.4, 0.5) is 0 Å². The van der Waals surface area contributed by atoms with Crippen LogP contribution in [0.5, 0.6) is 0 Å². The topological polar surface area (TPSA) is 0 Å². The third-order valence-electron chi connectivity index (χ3n) is 3.24. The second-order valence-corrected chi connectivity index (χ2v) is 5.57. The van der Waals surface area contributed by atoms with Crippen molar-refractivity contribution in [2.24, 2.45) is 17.8 Å². The quantitative estimate of drug-likeness (QED) is 0.444. The minimum Gasteiger partial charge on any atom is -0.103 e. The van der Waals surface area contributed by atoms with E-state index in [4.69, 9.17) is 0 Å². The van der Waals surface area contributed by atoms with Crippen molar-refractivity contribution in [3.8, 4) is 0 Å². The Hall–Kier alpha value is -0.260. The van der Waals surface area contributed by atoms with Crippen LogP contribution in [0.2, 0.25) is 0 Å². The Bertz CT molecular complexity index is 146. The number of hydrogen-bond acceptors (Lipinski definition) is 0. The molecule has 0 spiro atoms. The van der Waals surface area contributed by atoms with E-state index in [9.17, 15) is 0 Å². The van der Waals surface area contributed by atoms with E-state index in [1.807, 2.05) is 0 Å². The molecule has 0 radical (unpaired) electrons. The van der Waals surface area contributed by atoms with Gasteiger partial charge in [0.15, 0.2) is 0 Å². The molecule has 0 saturated heterocycles. The van der Waals surface area contributed by atoms with E-state index in [1.165, 1.54) is 38.5 Å². The highest BCUT2D eigenvalue weighted by Crippen LogP contribution is 2.19. The van der Waals surface area contributed by atoms with Gasteiger partial charge in [-0.3, -0.25) is 0 Å². The fourth-order valence-electron chi connectivity index (χ4n) is 1.93. The van der Waals surface area contributed by atoms with Gasteiger partial charge in [-0.2, -0.15) is 0 Å². The summed E-state index contributed by atoms with van der Waals surface area (Å²) in [4.78, 5) is 0. The lowest BCUT2D eigenvalue weighted by Crippen LogP contribution is -1.98. The van der Waals surface area contributed by atoms with Gasteiger partial charge in [0.25, 0.3) is 0 Å². The first kappa shape index (κ1) is 14.7. The zero-order valence-electron chi connectivity index (χ0n) is 11.3. The van der Waals surface area contributed by atoms with Crippen molar-refractivity contribution in [1.29, 1.82) is 0 Å². The highest BCUT2D eigenvalue weighted by molar-refractivity contribution is 4.74. The predicted molar refractivity (Wildman–Crippen MR) is 71.1 cm³/mol. The van der Waals surface area contributed by atoms with Crippen LogP contribution in [0.25, 0.3) is 0 Å². The summed E-state index contributed by atoms with van der Waals surface area (Å²) in [6, 6.07) is 0. The minimum absolute atomic E-state index is 0.702. The average Bonchev–Trinajstić information content (AvgIpc) is 2.17. The largest absolute Gasteiger partial charge is 0.103 e. The van der Waals surface area contributed by atoms with Gasteiger partial charge in [0, 0.05) is 0 Å². The summed E-state index contributed by atoms with van der Waals surface area (Å²) in [7, 11) is 0. The summed E-state index contributed by atoms with van der Waals surface area (Å²) in [5.74, 6) is 2.49. The zero-order chi connectivity index (χ0) is 11.7. The molecule has 2 unspecified atom stereocenters. The van der Waals surface area contributed by atoms with Gasteiger partial charge in [-0.05, 0) is 24.2 Å². The summed E-state index contributed by atoms with van der Waals surface area (Å²) in [6.07, 6.45) is 10.4. The van der Waals surface area contributed by atoms with E-state index in [2.05, 4.69) is 40.3 Å². The second-order valence-electron chi connectivity index (χ2n) is 5.57. The first-order chi connectivity index (χ1) is 7.06. The SMILES string of the molecule is C=CC(C)CCCC(C)CCCC(C)C. The summed E-state index contributed by atoms with van der Waals surface area (Å²) >= 11 is 0. The van der Waals surface area contributed by atoms with Gasteiger partial charge in [0.1, 0.15) is 0 Å². The standard InChI is InChI=1S/C15H30/c1-6-14(4)10-8-12-15(5)11-7-9-13(2)3/h6,13-15H,1,7-12H2,2-5H3. The maximum atomic E-state index is 3.83. The highest BCUT2D eigenvalue weighted by atomic mass is 14.1. The van der Waals surface area contributed by atoms with E-state index in [0.717, 1.165) is 11.8 Å². The Kier molecular flexibility index (Phi) is 8.85. The molecular formula is C15H30. The van der Waals surface area contributed by atoms with Crippen LogP contribution in [0.1, 0.15) is 66.2 Å². The fourth-order valence-corrected chi connectivity index (χ4v) is 1.93. The highest BCUT2D eigenvalue weighted by Gasteiger charge is 2.04. The predicted octanol–water partition coefficient (Wildman–Crippen LogP) is 5.44. The molecule has 0 N–H and O–H groups in total. The van der Waals surface area contributed by atoms with Gasteiger partial charge in [0.2, 0.25) is 0 Å². The summed E-state index contributed by atoms with van der Waals surface area (Å²) in [6.45, 7) is 13.1. The maximum absolute atomic E-state index is 3.83. The Labute approximate surface area is 97.2 Å². The van der Waals surface area contributed by atoms with Crippen LogP contribution in [0.3, 0.4) is 0 Å². The summed E-state index contributed by atoms with van der Waals surface area (Å²) in [5.41, 5.74) is 0. The molecule has 0 bridgehead atoms. The average molecular weight is 210 g/mol. The van der Waals surface area contributed by atoms with Crippen LogP contribution < -0.4 is 0 Å². The molecule has 15 heavy (non-hydrogen) atoms. The monoisotopic (exact) mass is 210 g/mol. The lowest BCUT2D eigenvalue weighted by Gasteiger charge is -2.13. The summed E-state index contributed by atoms with van der Waals surface area (Å²) < 4.78 is 0. The maximum Gasteiger partial charge on any atom is -0.0265 e. The van der Waals surface area contributed by atoms with Gasteiger partial charge in [-0.1, -0.05) is 65.9 Å². The molecule has 0 rings (SSSR count). The summed E-state index contributed by atoms with van der Waals surface area (Å²) in [5, 5.41) is 0. The molecule has 0 heteroatoms. The zero-order valence-corrected chi connectivity index (χ0v) is 11.3. The van der Waals surface area contributed by atoms with Crippen LogP contribution in [-0.2, 0) is 0 Å². The van der Waals surface area contributed by atoms with Crippen molar-refractivity contribution in [2.75, 3.05) is 0 Å². The molecule has 90 valence electrons. The third kappa shape index (κ3) is 10.0. The van der Waals surface area contributed by atoms with E-state index in [0.29, 0.717) is 5.92 Å². The Morgan fingerprint density at radius 3 is 1.87 bits per heavy atom. The fraction of sp³-hybridized carbons (Fsp3) is 0.867. The van der Waals surface area contributed by atoms with Crippen LogP contribution >= 0.6 is 0 Å². The molecule has 0 aromatic carbocycles. The first-order valence-corrected chi connectivity index (χ1v) is 6.68. The third-order valence-corrected chi connectivity index (χ3v) is 3.24. The molecule has 0 aromatic heterocycles. The van der Waals surface area contributed by atoms with Gasteiger partial charge in [0.05, 0.1) is 0 Å². The van der Waals surface area contributed by atoms with Crippen molar-refractivity contribution in [1.82, 2.24) is 0 Å². The molecule has 0 aliphatic carbocycles. The van der Waals surface area contributed by atoms with E-state index < -0.39 is 0 Å². The first-order valence-electron chi connectivity index (χ1n) is 6.68. The molecule has 0 nitrogen and oxygen atoms in total. The molecular weight excluding hydrogens is 180 g/mol. The van der Waals surface area contributed by atoms with E-state index in [1.54, 1.807) is 0 Å². The number of allylic oxidation sites excluding steroid dienone is 1. The smallest absolute Gasteiger partial charge is 0.0265 e.